The zero-order valence-electron chi connectivity index (χ0n) is 28.4. The summed E-state index contributed by atoms with van der Waals surface area (Å²) in [7, 11) is 0. The van der Waals surface area contributed by atoms with Crippen LogP contribution in [0, 0.1) is 0 Å². The number of anilines is 3. The van der Waals surface area contributed by atoms with E-state index in [1.165, 1.54) is 73.7 Å². The predicted molar refractivity (Wildman–Crippen MR) is 227 cm³/mol. The molecule has 1 nitrogen and oxygen atoms in total. The van der Waals surface area contributed by atoms with Crippen LogP contribution < -0.4 is 4.90 Å². The van der Waals surface area contributed by atoms with Gasteiger partial charge in [-0.1, -0.05) is 115 Å². The number of fused-ring (bicyclic) bond motifs is 6. The highest BCUT2D eigenvalue weighted by Gasteiger charge is 2.17. The van der Waals surface area contributed by atoms with Crippen molar-refractivity contribution in [1.29, 1.82) is 0 Å². The van der Waals surface area contributed by atoms with Crippen LogP contribution >= 0.6 is 22.7 Å². The van der Waals surface area contributed by atoms with Crippen molar-refractivity contribution in [3.05, 3.63) is 199 Å². The summed E-state index contributed by atoms with van der Waals surface area (Å²) < 4.78 is 5.33. The van der Waals surface area contributed by atoms with Crippen LogP contribution in [0.5, 0.6) is 0 Å². The van der Waals surface area contributed by atoms with Gasteiger partial charge in [0.25, 0.3) is 0 Å². The second-order valence-corrected chi connectivity index (χ2v) is 15.5. The maximum atomic E-state index is 2.42. The van der Waals surface area contributed by atoms with Gasteiger partial charge in [0.15, 0.2) is 0 Å². The zero-order chi connectivity index (χ0) is 34.4. The SMILES string of the molecule is c1ccc(-c2ccc(N(c3ccccc3)c3ccc(-c4ccc5sc6ccccc6c5c4)c(Cc4ccc5sc6ccccc6c5c4)c3)cc2)cc1. The van der Waals surface area contributed by atoms with Crippen molar-refractivity contribution in [2.45, 2.75) is 6.42 Å². The van der Waals surface area contributed by atoms with Gasteiger partial charge in [0.2, 0.25) is 0 Å². The molecule has 0 fully saturated rings. The largest absolute Gasteiger partial charge is 0.310 e. The molecule has 0 saturated carbocycles. The van der Waals surface area contributed by atoms with E-state index in [2.05, 4.69) is 193 Å². The molecule has 0 aliphatic carbocycles. The summed E-state index contributed by atoms with van der Waals surface area (Å²) in [6, 6.07) is 68.9. The monoisotopic (exact) mass is 699 g/mol. The molecule has 0 saturated heterocycles. The van der Waals surface area contributed by atoms with E-state index in [1.54, 1.807) is 0 Å². The quantitative estimate of drug-likeness (QED) is 0.160. The third kappa shape index (κ3) is 5.56. The van der Waals surface area contributed by atoms with Crippen LogP contribution in [0.1, 0.15) is 11.1 Å². The molecular weight excluding hydrogens is 667 g/mol. The number of para-hydroxylation sites is 1. The van der Waals surface area contributed by atoms with E-state index in [-0.39, 0.29) is 0 Å². The number of hydrogen-bond acceptors (Lipinski definition) is 3. The van der Waals surface area contributed by atoms with Crippen LogP contribution in [-0.2, 0) is 6.42 Å². The minimum absolute atomic E-state index is 0.821. The second-order valence-electron chi connectivity index (χ2n) is 13.3. The van der Waals surface area contributed by atoms with E-state index in [0.717, 1.165) is 23.5 Å². The van der Waals surface area contributed by atoms with Gasteiger partial charge in [-0.05, 0) is 113 Å². The molecule has 0 radical (unpaired) electrons. The van der Waals surface area contributed by atoms with E-state index in [4.69, 9.17) is 0 Å². The van der Waals surface area contributed by atoms with E-state index >= 15 is 0 Å². The topological polar surface area (TPSA) is 3.24 Å². The van der Waals surface area contributed by atoms with Crippen LogP contribution in [0.4, 0.5) is 17.1 Å². The van der Waals surface area contributed by atoms with Crippen LogP contribution in [0.2, 0.25) is 0 Å². The Morgan fingerprint density at radius 1 is 0.346 bits per heavy atom. The Bertz CT molecular complexity index is 2870. The first-order valence-corrected chi connectivity index (χ1v) is 19.3. The Kier molecular flexibility index (Phi) is 7.67. The van der Waals surface area contributed by atoms with Crippen molar-refractivity contribution in [2.75, 3.05) is 4.90 Å². The smallest absolute Gasteiger partial charge is 0.0464 e. The fourth-order valence-electron chi connectivity index (χ4n) is 7.60. The average molecular weight is 700 g/mol. The Morgan fingerprint density at radius 2 is 0.865 bits per heavy atom. The van der Waals surface area contributed by atoms with E-state index in [1.807, 2.05) is 22.7 Å². The summed E-state index contributed by atoms with van der Waals surface area (Å²) in [5.41, 5.74) is 11.0. The van der Waals surface area contributed by atoms with Crippen molar-refractivity contribution < 1.29 is 0 Å². The highest BCUT2D eigenvalue weighted by atomic mass is 32.1. The molecule has 2 heterocycles. The van der Waals surface area contributed by atoms with Gasteiger partial charge >= 0.3 is 0 Å². The number of rotatable bonds is 7. The van der Waals surface area contributed by atoms with Crippen LogP contribution in [0.3, 0.4) is 0 Å². The lowest BCUT2D eigenvalue weighted by Crippen LogP contribution is -2.10. The molecule has 10 rings (SSSR count). The third-order valence-electron chi connectivity index (χ3n) is 10.1. The first-order valence-electron chi connectivity index (χ1n) is 17.7. The lowest BCUT2D eigenvalue weighted by molar-refractivity contribution is 1.19. The summed E-state index contributed by atoms with van der Waals surface area (Å²) in [5, 5.41) is 5.32. The Hall–Kier alpha value is -6.00. The predicted octanol–water partition coefficient (Wildman–Crippen LogP) is 14.8. The molecular formula is C49H33NS2. The first-order chi connectivity index (χ1) is 25.7. The van der Waals surface area contributed by atoms with E-state index < -0.39 is 0 Å². The number of benzene rings is 8. The van der Waals surface area contributed by atoms with E-state index in [0.29, 0.717) is 0 Å². The highest BCUT2D eigenvalue weighted by Crippen LogP contribution is 2.42. The molecule has 0 atom stereocenters. The average Bonchev–Trinajstić information content (AvgIpc) is 3.77. The van der Waals surface area contributed by atoms with Crippen molar-refractivity contribution in [3.63, 3.8) is 0 Å². The van der Waals surface area contributed by atoms with Gasteiger partial charge in [-0.25, -0.2) is 0 Å². The van der Waals surface area contributed by atoms with Gasteiger partial charge in [0.1, 0.15) is 0 Å². The Balaban J connectivity index is 1.13. The van der Waals surface area contributed by atoms with Gasteiger partial charge in [0, 0.05) is 57.4 Å². The van der Waals surface area contributed by atoms with Crippen LogP contribution in [-0.4, -0.2) is 0 Å². The van der Waals surface area contributed by atoms with Crippen molar-refractivity contribution in [2.24, 2.45) is 0 Å². The lowest BCUT2D eigenvalue weighted by atomic mass is 9.92. The molecule has 0 spiro atoms. The molecule has 0 bridgehead atoms. The number of thiophene rings is 2. The molecule has 246 valence electrons. The summed E-state index contributed by atoms with van der Waals surface area (Å²) in [5.74, 6) is 0. The maximum absolute atomic E-state index is 2.42. The molecule has 0 aliphatic heterocycles. The maximum Gasteiger partial charge on any atom is 0.0464 e. The summed E-state index contributed by atoms with van der Waals surface area (Å²) in [6.45, 7) is 0. The van der Waals surface area contributed by atoms with Gasteiger partial charge < -0.3 is 4.90 Å². The van der Waals surface area contributed by atoms with Crippen molar-refractivity contribution in [1.82, 2.24) is 0 Å². The molecule has 52 heavy (non-hydrogen) atoms. The van der Waals surface area contributed by atoms with Gasteiger partial charge in [0.05, 0.1) is 0 Å². The van der Waals surface area contributed by atoms with E-state index in [9.17, 15) is 0 Å². The lowest BCUT2D eigenvalue weighted by Gasteiger charge is -2.27. The molecule has 2 aromatic heterocycles. The first kappa shape index (κ1) is 30.8. The Labute approximate surface area is 311 Å². The van der Waals surface area contributed by atoms with Gasteiger partial charge in [-0.2, -0.15) is 0 Å². The third-order valence-corrected chi connectivity index (χ3v) is 12.4. The second kappa shape index (κ2) is 13.0. The molecule has 0 N–H and O–H groups in total. The van der Waals surface area contributed by atoms with Gasteiger partial charge in [-0.3, -0.25) is 0 Å². The van der Waals surface area contributed by atoms with Crippen molar-refractivity contribution >= 4 is 80.1 Å². The minimum Gasteiger partial charge on any atom is -0.310 e. The molecule has 0 unspecified atom stereocenters. The molecule has 0 aliphatic rings. The molecule has 8 aromatic carbocycles. The fourth-order valence-corrected chi connectivity index (χ4v) is 9.77. The normalized spacial score (nSPS) is 11.5. The fraction of sp³-hybridized carbons (Fsp3) is 0.0204. The summed E-state index contributed by atoms with van der Waals surface area (Å²) >= 11 is 3.75. The van der Waals surface area contributed by atoms with Crippen LogP contribution in [0.15, 0.2) is 188 Å². The Morgan fingerprint density at radius 3 is 1.58 bits per heavy atom. The summed E-state index contributed by atoms with van der Waals surface area (Å²) in [4.78, 5) is 2.38. The standard InChI is InChI=1S/C49H33NS2/c1-3-11-34(12-4-1)35-20-23-39(24-21-35)50(38-13-5-2-6-14-38)40-25-26-41(36-22-28-49-45(32-36)43-16-8-10-18-47(43)52-49)37(31-40)29-33-19-27-48-44(30-33)42-15-7-9-17-46(42)51-48/h1-28,30-32H,29H2. The van der Waals surface area contributed by atoms with Gasteiger partial charge in [-0.15, -0.1) is 22.7 Å². The molecule has 10 aromatic rings. The summed E-state index contributed by atoms with van der Waals surface area (Å²) in [6.07, 6.45) is 0.821. The number of nitrogens with zero attached hydrogens (tertiary/aromatic N) is 1. The number of hydrogen-bond donors (Lipinski definition) is 0. The minimum atomic E-state index is 0.821. The highest BCUT2D eigenvalue weighted by molar-refractivity contribution is 7.26. The van der Waals surface area contributed by atoms with Crippen LogP contribution in [0.25, 0.3) is 62.6 Å². The zero-order valence-corrected chi connectivity index (χ0v) is 30.0. The molecule has 3 heteroatoms. The van der Waals surface area contributed by atoms with Crippen molar-refractivity contribution in [3.8, 4) is 22.3 Å². The molecule has 0 amide bonds.